The predicted octanol–water partition coefficient (Wildman–Crippen LogP) is 2.14. The fourth-order valence-electron chi connectivity index (χ4n) is 2.62. The summed E-state index contributed by atoms with van der Waals surface area (Å²) in [5.74, 6) is -1.34. The van der Waals surface area contributed by atoms with E-state index in [0.29, 0.717) is 31.7 Å². The number of rotatable bonds is 4. The molecular formula is C15H16N2O3S. The quantitative estimate of drug-likeness (QED) is 0.941. The van der Waals surface area contributed by atoms with Gasteiger partial charge in [-0.1, -0.05) is 6.07 Å². The number of aliphatic carboxylic acids is 1. The van der Waals surface area contributed by atoms with Crippen LogP contribution < -0.4 is 0 Å². The third-order valence-electron chi connectivity index (χ3n) is 3.78. The molecule has 0 aliphatic carbocycles. The molecule has 0 radical (unpaired) electrons. The summed E-state index contributed by atoms with van der Waals surface area (Å²) >= 11 is 1.65. The minimum Gasteiger partial charge on any atom is -0.481 e. The molecule has 1 aliphatic heterocycles. The van der Waals surface area contributed by atoms with Gasteiger partial charge in [0.05, 0.1) is 12.5 Å². The van der Waals surface area contributed by atoms with Crippen LogP contribution in [0.25, 0.3) is 0 Å². The molecule has 0 spiro atoms. The molecule has 6 heteroatoms. The summed E-state index contributed by atoms with van der Waals surface area (Å²) in [4.78, 5) is 26.4. The van der Waals surface area contributed by atoms with Crippen molar-refractivity contribution in [2.24, 2.45) is 5.92 Å². The maximum Gasteiger partial charge on any atom is 0.308 e. The van der Waals surface area contributed by atoms with Crippen LogP contribution in [-0.2, 0) is 11.3 Å². The van der Waals surface area contributed by atoms with Gasteiger partial charge in [0.25, 0.3) is 5.91 Å². The fourth-order valence-corrected chi connectivity index (χ4v) is 3.33. The van der Waals surface area contributed by atoms with E-state index in [4.69, 9.17) is 5.11 Å². The van der Waals surface area contributed by atoms with Gasteiger partial charge in [0, 0.05) is 24.2 Å². The fraction of sp³-hybridized carbons (Fsp3) is 0.333. The number of likely N-dealkylation sites (tertiary alicyclic amines) is 1. The lowest BCUT2D eigenvalue weighted by atomic mass is 10.1. The Morgan fingerprint density at radius 2 is 2.19 bits per heavy atom. The monoisotopic (exact) mass is 304 g/mol. The number of carboxylic acids is 1. The van der Waals surface area contributed by atoms with Crippen molar-refractivity contribution in [1.82, 2.24) is 9.47 Å². The van der Waals surface area contributed by atoms with Crippen molar-refractivity contribution in [3.8, 4) is 0 Å². The van der Waals surface area contributed by atoms with Gasteiger partial charge in [-0.25, -0.2) is 0 Å². The van der Waals surface area contributed by atoms with Gasteiger partial charge >= 0.3 is 5.97 Å². The molecule has 1 fully saturated rings. The smallest absolute Gasteiger partial charge is 0.308 e. The molecule has 3 rings (SSSR count). The van der Waals surface area contributed by atoms with Crippen LogP contribution in [0.5, 0.6) is 0 Å². The maximum atomic E-state index is 12.5. The molecule has 1 aliphatic rings. The van der Waals surface area contributed by atoms with E-state index in [9.17, 15) is 9.59 Å². The molecule has 1 N–H and O–H groups in total. The summed E-state index contributed by atoms with van der Waals surface area (Å²) in [5, 5.41) is 11.0. The van der Waals surface area contributed by atoms with E-state index < -0.39 is 11.9 Å². The van der Waals surface area contributed by atoms with Crippen molar-refractivity contribution >= 4 is 23.2 Å². The third-order valence-corrected chi connectivity index (χ3v) is 4.64. The number of hydrogen-bond donors (Lipinski definition) is 1. The van der Waals surface area contributed by atoms with E-state index in [1.54, 1.807) is 22.3 Å². The molecule has 110 valence electrons. The second-order valence-electron chi connectivity index (χ2n) is 5.18. The Morgan fingerprint density at radius 1 is 1.33 bits per heavy atom. The SMILES string of the molecule is O=C(O)[C@H]1CCN(C(=O)c2cccn2Cc2cccs2)C1. The van der Waals surface area contributed by atoms with Crippen molar-refractivity contribution in [3.05, 3.63) is 46.4 Å². The number of carboxylic acid groups (broad SMARTS) is 1. The highest BCUT2D eigenvalue weighted by atomic mass is 32.1. The lowest BCUT2D eigenvalue weighted by Gasteiger charge is -2.17. The summed E-state index contributed by atoms with van der Waals surface area (Å²) in [6.07, 6.45) is 2.42. The van der Waals surface area contributed by atoms with Crippen LogP contribution in [0.1, 0.15) is 21.8 Å². The van der Waals surface area contributed by atoms with Crippen molar-refractivity contribution in [3.63, 3.8) is 0 Å². The lowest BCUT2D eigenvalue weighted by Crippen LogP contribution is -2.31. The van der Waals surface area contributed by atoms with E-state index in [-0.39, 0.29) is 5.91 Å². The second-order valence-corrected chi connectivity index (χ2v) is 6.21. The highest BCUT2D eigenvalue weighted by Gasteiger charge is 2.32. The van der Waals surface area contributed by atoms with Crippen LogP contribution in [0, 0.1) is 5.92 Å². The van der Waals surface area contributed by atoms with Crippen LogP contribution in [-0.4, -0.2) is 39.5 Å². The Balaban J connectivity index is 1.74. The van der Waals surface area contributed by atoms with E-state index in [2.05, 4.69) is 0 Å². The molecule has 2 aromatic rings. The standard InChI is InChI=1S/C15H16N2O3S/c18-14(17-7-5-11(9-17)15(19)20)13-4-1-6-16(13)10-12-3-2-8-21-12/h1-4,6,8,11H,5,7,9-10H2,(H,19,20)/t11-/m0/s1. The molecule has 1 atom stereocenters. The van der Waals surface area contributed by atoms with Gasteiger partial charge in [0.15, 0.2) is 0 Å². The van der Waals surface area contributed by atoms with Gasteiger partial charge in [-0.3, -0.25) is 9.59 Å². The van der Waals surface area contributed by atoms with Gasteiger partial charge in [-0.2, -0.15) is 0 Å². The molecule has 2 aromatic heterocycles. The van der Waals surface area contributed by atoms with Crippen molar-refractivity contribution < 1.29 is 14.7 Å². The average Bonchev–Trinajstić information content (AvgIpc) is 3.20. The van der Waals surface area contributed by atoms with Gasteiger partial charge in [-0.15, -0.1) is 11.3 Å². The first-order chi connectivity index (χ1) is 10.1. The first-order valence-corrected chi connectivity index (χ1v) is 7.72. The Hall–Kier alpha value is -2.08. The van der Waals surface area contributed by atoms with Crippen molar-refractivity contribution in [2.45, 2.75) is 13.0 Å². The molecule has 0 bridgehead atoms. The van der Waals surface area contributed by atoms with Gasteiger partial charge < -0.3 is 14.6 Å². The van der Waals surface area contributed by atoms with Gasteiger partial charge in [0.1, 0.15) is 5.69 Å². The number of amides is 1. The zero-order chi connectivity index (χ0) is 14.8. The first-order valence-electron chi connectivity index (χ1n) is 6.85. The third kappa shape index (κ3) is 2.85. The molecule has 1 amide bonds. The predicted molar refractivity (Wildman–Crippen MR) is 79.5 cm³/mol. The van der Waals surface area contributed by atoms with Crippen molar-refractivity contribution in [2.75, 3.05) is 13.1 Å². The van der Waals surface area contributed by atoms with Crippen LogP contribution >= 0.6 is 11.3 Å². The van der Waals surface area contributed by atoms with E-state index in [1.807, 2.05) is 34.3 Å². The number of carbonyl (C=O) groups is 2. The number of nitrogens with zero attached hydrogens (tertiary/aromatic N) is 2. The highest BCUT2D eigenvalue weighted by molar-refractivity contribution is 7.09. The summed E-state index contributed by atoms with van der Waals surface area (Å²) in [6.45, 7) is 1.49. The largest absolute Gasteiger partial charge is 0.481 e. The van der Waals surface area contributed by atoms with E-state index in [1.165, 1.54) is 4.88 Å². The minimum absolute atomic E-state index is 0.0830. The molecule has 5 nitrogen and oxygen atoms in total. The number of carbonyl (C=O) groups excluding carboxylic acids is 1. The first kappa shape index (κ1) is 13.9. The maximum absolute atomic E-state index is 12.5. The summed E-state index contributed by atoms with van der Waals surface area (Å²) in [7, 11) is 0. The van der Waals surface area contributed by atoms with Gasteiger partial charge in [0.2, 0.25) is 0 Å². The Labute approximate surface area is 126 Å². The molecule has 1 saturated heterocycles. The van der Waals surface area contributed by atoms with Crippen LogP contribution in [0.15, 0.2) is 35.8 Å². The number of aromatic nitrogens is 1. The van der Waals surface area contributed by atoms with Gasteiger partial charge in [-0.05, 0) is 30.0 Å². The van der Waals surface area contributed by atoms with E-state index >= 15 is 0 Å². The van der Waals surface area contributed by atoms with Crippen molar-refractivity contribution in [1.29, 1.82) is 0 Å². The molecular weight excluding hydrogens is 288 g/mol. The van der Waals surface area contributed by atoms with E-state index in [0.717, 1.165) is 0 Å². The highest BCUT2D eigenvalue weighted by Crippen LogP contribution is 2.20. The number of thiophene rings is 1. The second kappa shape index (κ2) is 5.73. The normalized spacial score (nSPS) is 18.1. The summed E-state index contributed by atoms with van der Waals surface area (Å²) in [5.41, 5.74) is 0.620. The average molecular weight is 304 g/mol. The zero-order valence-electron chi connectivity index (χ0n) is 11.4. The molecule has 0 aromatic carbocycles. The lowest BCUT2D eigenvalue weighted by molar-refractivity contribution is -0.141. The molecule has 0 unspecified atom stereocenters. The topological polar surface area (TPSA) is 62.5 Å². The Bertz CT molecular complexity index is 648. The number of hydrogen-bond acceptors (Lipinski definition) is 3. The molecule has 3 heterocycles. The van der Waals surface area contributed by atoms with Crippen LogP contribution in [0.4, 0.5) is 0 Å². The Morgan fingerprint density at radius 3 is 2.86 bits per heavy atom. The Kier molecular flexibility index (Phi) is 3.79. The van der Waals surface area contributed by atoms with Crippen LogP contribution in [0.3, 0.4) is 0 Å². The minimum atomic E-state index is -0.820. The summed E-state index contributed by atoms with van der Waals surface area (Å²) < 4.78 is 1.92. The summed E-state index contributed by atoms with van der Waals surface area (Å²) in [6, 6.07) is 7.67. The zero-order valence-corrected chi connectivity index (χ0v) is 12.3. The van der Waals surface area contributed by atoms with Crippen LogP contribution in [0.2, 0.25) is 0 Å². The molecule has 0 saturated carbocycles. The molecule has 21 heavy (non-hydrogen) atoms.